The van der Waals surface area contributed by atoms with Gasteiger partial charge in [-0.2, -0.15) is 5.10 Å². The summed E-state index contributed by atoms with van der Waals surface area (Å²) in [5.74, 6) is 0.0995. The van der Waals surface area contributed by atoms with E-state index in [1.54, 1.807) is 7.05 Å². The zero-order valence-corrected chi connectivity index (χ0v) is 9.27. The number of carbonyl (C=O) groups excluding carboxylic acids is 1. The second kappa shape index (κ2) is 4.28. The summed E-state index contributed by atoms with van der Waals surface area (Å²) in [6.07, 6.45) is 0.753. The normalized spacial score (nSPS) is 29.2. The number of morpholine rings is 1. The Balaban J connectivity index is 2.08. The molecule has 0 radical (unpaired) electrons. The van der Waals surface area contributed by atoms with E-state index in [4.69, 9.17) is 4.74 Å². The van der Waals surface area contributed by atoms with Gasteiger partial charge in [0, 0.05) is 32.3 Å². The smallest absolute Gasteiger partial charge is 0.260 e. The fourth-order valence-electron chi connectivity index (χ4n) is 2.10. The molecule has 1 unspecified atom stereocenters. The standard InChI is InChI=1S/C10H17N3O2/c1-8-7-9(10(14)12(2)11-8)13-3-5-15-6-4-13/h9H,3-7H2,1-2H3. The van der Waals surface area contributed by atoms with Crippen molar-refractivity contribution in [2.45, 2.75) is 19.4 Å². The van der Waals surface area contributed by atoms with Gasteiger partial charge in [-0.05, 0) is 6.92 Å². The van der Waals surface area contributed by atoms with E-state index in [9.17, 15) is 4.79 Å². The number of amides is 1. The molecule has 0 saturated carbocycles. The highest BCUT2D eigenvalue weighted by molar-refractivity contribution is 5.94. The van der Waals surface area contributed by atoms with E-state index in [0.717, 1.165) is 38.4 Å². The van der Waals surface area contributed by atoms with Crippen LogP contribution < -0.4 is 0 Å². The molecule has 2 aliphatic rings. The van der Waals surface area contributed by atoms with Crippen molar-refractivity contribution in [2.24, 2.45) is 5.10 Å². The molecule has 0 aromatic rings. The molecule has 1 saturated heterocycles. The lowest BCUT2D eigenvalue weighted by Crippen LogP contribution is -2.53. The second-order valence-electron chi connectivity index (χ2n) is 4.07. The molecule has 2 aliphatic heterocycles. The largest absolute Gasteiger partial charge is 0.379 e. The number of hydrogen-bond donors (Lipinski definition) is 0. The Hall–Kier alpha value is -0.940. The monoisotopic (exact) mass is 211 g/mol. The molecule has 0 aromatic carbocycles. The van der Waals surface area contributed by atoms with Gasteiger partial charge in [-0.25, -0.2) is 5.01 Å². The Morgan fingerprint density at radius 1 is 1.40 bits per heavy atom. The van der Waals surface area contributed by atoms with Gasteiger partial charge in [-0.3, -0.25) is 9.69 Å². The van der Waals surface area contributed by atoms with Crippen molar-refractivity contribution in [3.63, 3.8) is 0 Å². The third-order valence-electron chi connectivity index (χ3n) is 2.90. The SMILES string of the molecule is CC1=NN(C)C(=O)C(N2CCOCC2)C1. The molecule has 1 fully saturated rings. The van der Waals surface area contributed by atoms with Gasteiger partial charge < -0.3 is 4.74 Å². The minimum atomic E-state index is -0.0311. The van der Waals surface area contributed by atoms with Crippen LogP contribution in [0.4, 0.5) is 0 Å². The summed E-state index contributed by atoms with van der Waals surface area (Å²) in [5, 5.41) is 5.61. The van der Waals surface area contributed by atoms with E-state index in [2.05, 4.69) is 10.0 Å². The van der Waals surface area contributed by atoms with Gasteiger partial charge in [0.1, 0.15) is 0 Å². The first-order chi connectivity index (χ1) is 7.18. The first-order valence-corrected chi connectivity index (χ1v) is 5.32. The van der Waals surface area contributed by atoms with Crippen molar-refractivity contribution >= 4 is 11.6 Å². The van der Waals surface area contributed by atoms with E-state index in [1.165, 1.54) is 5.01 Å². The molecule has 5 nitrogen and oxygen atoms in total. The number of hydrazone groups is 1. The zero-order valence-electron chi connectivity index (χ0n) is 9.27. The summed E-state index contributed by atoms with van der Waals surface area (Å²) in [5.41, 5.74) is 1.02. The third kappa shape index (κ3) is 2.18. The highest BCUT2D eigenvalue weighted by Gasteiger charge is 2.32. The fourth-order valence-corrected chi connectivity index (χ4v) is 2.10. The number of carbonyl (C=O) groups is 1. The van der Waals surface area contributed by atoms with Crippen molar-refractivity contribution in [1.29, 1.82) is 0 Å². The molecule has 1 amide bonds. The van der Waals surface area contributed by atoms with Crippen LogP contribution in [0.5, 0.6) is 0 Å². The molecule has 0 bridgehead atoms. The van der Waals surface area contributed by atoms with Crippen LogP contribution in [0.25, 0.3) is 0 Å². The molecule has 0 spiro atoms. The van der Waals surface area contributed by atoms with E-state index in [-0.39, 0.29) is 11.9 Å². The van der Waals surface area contributed by atoms with Crippen molar-refractivity contribution < 1.29 is 9.53 Å². The Labute approximate surface area is 89.7 Å². The summed E-state index contributed by atoms with van der Waals surface area (Å²) < 4.78 is 5.28. The lowest BCUT2D eigenvalue weighted by Gasteiger charge is -2.36. The summed E-state index contributed by atoms with van der Waals surface area (Å²) in [4.78, 5) is 14.1. The lowest BCUT2D eigenvalue weighted by molar-refractivity contribution is -0.138. The molecule has 0 aromatic heterocycles. The maximum Gasteiger partial charge on any atom is 0.260 e. The quantitative estimate of drug-likeness (QED) is 0.609. The molecule has 84 valence electrons. The topological polar surface area (TPSA) is 45.1 Å². The Kier molecular flexibility index (Phi) is 3.02. The first kappa shape index (κ1) is 10.6. The minimum absolute atomic E-state index is 0.0311. The second-order valence-corrected chi connectivity index (χ2v) is 4.07. The molecule has 2 rings (SSSR count). The molecule has 1 atom stereocenters. The predicted octanol–water partition coefficient (Wildman–Crippen LogP) is -0.0748. The Morgan fingerprint density at radius 3 is 2.73 bits per heavy atom. The molecule has 2 heterocycles. The van der Waals surface area contributed by atoms with Crippen LogP contribution >= 0.6 is 0 Å². The first-order valence-electron chi connectivity index (χ1n) is 5.32. The number of ether oxygens (including phenoxy) is 1. The van der Waals surface area contributed by atoms with Crippen LogP contribution in [-0.2, 0) is 9.53 Å². The summed E-state index contributed by atoms with van der Waals surface area (Å²) in [6, 6.07) is -0.0311. The van der Waals surface area contributed by atoms with Crippen LogP contribution in [0.3, 0.4) is 0 Å². The van der Waals surface area contributed by atoms with Gasteiger partial charge >= 0.3 is 0 Å². The minimum Gasteiger partial charge on any atom is -0.379 e. The molecular formula is C10H17N3O2. The number of rotatable bonds is 1. The van der Waals surface area contributed by atoms with Crippen LogP contribution in [0.2, 0.25) is 0 Å². The van der Waals surface area contributed by atoms with Gasteiger partial charge in [0.2, 0.25) is 0 Å². The third-order valence-corrected chi connectivity index (χ3v) is 2.90. The van der Waals surface area contributed by atoms with Crippen LogP contribution in [0, 0.1) is 0 Å². The number of hydrogen-bond acceptors (Lipinski definition) is 4. The lowest BCUT2D eigenvalue weighted by atomic mass is 10.1. The van der Waals surface area contributed by atoms with Gasteiger partial charge in [-0.1, -0.05) is 0 Å². The predicted molar refractivity (Wildman–Crippen MR) is 56.7 cm³/mol. The molecular weight excluding hydrogens is 194 g/mol. The molecule has 0 N–H and O–H groups in total. The van der Waals surface area contributed by atoms with E-state index < -0.39 is 0 Å². The highest BCUT2D eigenvalue weighted by Crippen LogP contribution is 2.15. The van der Waals surface area contributed by atoms with E-state index in [1.807, 2.05) is 6.92 Å². The summed E-state index contributed by atoms with van der Waals surface area (Å²) >= 11 is 0. The maximum absolute atomic E-state index is 11.9. The van der Waals surface area contributed by atoms with Gasteiger partial charge in [0.25, 0.3) is 5.91 Å². The van der Waals surface area contributed by atoms with E-state index in [0.29, 0.717) is 0 Å². The van der Waals surface area contributed by atoms with Gasteiger partial charge in [0.15, 0.2) is 0 Å². The van der Waals surface area contributed by atoms with Gasteiger partial charge in [-0.15, -0.1) is 0 Å². The molecule has 15 heavy (non-hydrogen) atoms. The van der Waals surface area contributed by atoms with Crippen molar-refractivity contribution in [3.05, 3.63) is 0 Å². The van der Waals surface area contributed by atoms with Crippen molar-refractivity contribution in [3.8, 4) is 0 Å². The van der Waals surface area contributed by atoms with Crippen molar-refractivity contribution in [2.75, 3.05) is 33.4 Å². The zero-order chi connectivity index (χ0) is 10.8. The molecule has 5 heteroatoms. The average Bonchev–Trinajstić information content (AvgIpc) is 2.24. The highest BCUT2D eigenvalue weighted by atomic mass is 16.5. The number of nitrogens with zero attached hydrogens (tertiary/aromatic N) is 3. The Bertz CT molecular complexity index is 284. The van der Waals surface area contributed by atoms with Gasteiger partial charge in [0.05, 0.1) is 19.3 Å². The Morgan fingerprint density at radius 2 is 2.07 bits per heavy atom. The summed E-state index contributed by atoms with van der Waals surface area (Å²) in [6.45, 7) is 5.11. The number of likely N-dealkylation sites (N-methyl/N-ethyl adjacent to an activating group) is 1. The van der Waals surface area contributed by atoms with Crippen LogP contribution in [-0.4, -0.2) is 60.9 Å². The van der Waals surface area contributed by atoms with Crippen LogP contribution in [0.15, 0.2) is 5.10 Å². The molecule has 0 aliphatic carbocycles. The summed E-state index contributed by atoms with van der Waals surface area (Å²) in [7, 11) is 1.72. The van der Waals surface area contributed by atoms with Crippen LogP contribution in [0.1, 0.15) is 13.3 Å². The fraction of sp³-hybridized carbons (Fsp3) is 0.800. The van der Waals surface area contributed by atoms with E-state index >= 15 is 0 Å². The average molecular weight is 211 g/mol. The van der Waals surface area contributed by atoms with Crippen molar-refractivity contribution in [1.82, 2.24) is 9.91 Å². The maximum atomic E-state index is 11.9.